The molecule has 1 aliphatic carbocycles. The van der Waals surface area contributed by atoms with Crippen molar-refractivity contribution in [2.75, 3.05) is 6.54 Å². The molecule has 1 saturated carbocycles. The number of rotatable bonds is 1. The molecule has 2 nitrogen and oxygen atoms in total. The number of amides is 1. The van der Waals surface area contributed by atoms with E-state index in [4.69, 9.17) is 0 Å². The molecule has 2 aliphatic rings. The number of benzene rings is 1. The number of hydrogen-bond acceptors (Lipinski definition) is 1. The van der Waals surface area contributed by atoms with Gasteiger partial charge in [0.25, 0.3) is 0 Å². The zero-order valence-electron chi connectivity index (χ0n) is 9.03. The smallest absolute Gasteiger partial charge is 0.229 e. The molecule has 0 aromatic heterocycles. The van der Waals surface area contributed by atoms with E-state index in [0.29, 0.717) is 13.0 Å². The molecule has 1 heterocycles. The van der Waals surface area contributed by atoms with E-state index >= 15 is 0 Å². The maximum Gasteiger partial charge on any atom is 0.229 e. The molecule has 0 unspecified atom stereocenters. The van der Waals surface area contributed by atoms with E-state index in [1.807, 2.05) is 12.1 Å². The van der Waals surface area contributed by atoms with Crippen LogP contribution in [0.5, 0.6) is 0 Å². The first-order valence-corrected chi connectivity index (χ1v) is 5.75. The zero-order valence-corrected chi connectivity index (χ0v) is 9.03. The summed E-state index contributed by atoms with van der Waals surface area (Å²) in [6, 6.07) is 8.16. The lowest BCUT2D eigenvalue weighted by Gasteiger charge is -2.28. The van der Waals surface area contributed by atoms with Gasteiger partial charge in [-0.05, 0) is 24.0 Å². The molecule has 2 atom stereocenters. The SMILES string of the molecule is O=C([C@H]1C[C@H]1F)N1CCc2ccccc2C1. The summed E-state index contributed by atoms with van der Waals surface area (Å²) >= 11 is 0. The van der Waals surface area contributed by atoms with E-state index < -0.39 is 6.17 Å². The van der Waals surface area contributed by atoms with Crippen LogP contribution >= 0.6 is 0 Å². The molecular weight excluding hydrogens is 205 g/mol. The second-order valence-electron chi connectivity index (χ2n) is 4.64. The van der Waals surface area contributed by atoms with Gasteiger partial charge in [0.05, 0.1) is 5.92 Å². The van der Waals surface area contributed by atoms with Crippen LogP contribution < -0.4 is 0 Å². The lowest BCUT2D eigenvalue weighted by atomic mass is 10.00. The molecule has 0 saturated heterocycles. The summed E-state index contributed by atoms with van der Waals surface area (Å²) in [6.45, 7) is 1.39. The molecule has 1 aromatic carbocycles. The van der Waals surface area contributed by atoms with Gasteiger partial charge in [0.15, 0.2) is 0 Å². The Labute approximate surface area is 94.1 Å². The summed E-state index contributed by atoms with van der Waals surface area (Å²) in [7, 11) is 0. The minimum atomic E-state index is -0.885. The number of hydrogen-bond donors (Lipinski definition) is 0. The lowest BCUT2D eigenvalue weighted by Crippen LogP contribution is -2.37. The fourth-order valence-corrected chi connectivity index (χ4v) is 2.34. The van der Waals surface area contributed by atoms with E-state index in [2.05, 4.69) is 12.1 Å². The first-order chi connectivity index (χ1) is 7.75. The summed E-state index contributed by atoms with van der Waals surface area (Å²) in [6.07, 6.45) is 0.437. The highest BCUT2D eigenvalue weighted by Gasteiger charge is 2.45. The van der Waals surface area contributed by atoms with Crippen LogP contribution in [0.15, 0.2) is 24.3 Å². The van der Waals surface area contributed by atoms with Crippen LogP contribution in [0.25, 0.3) is 0 Å². The monoisotopic (exact) mass is 219 g/mol. The van der Waals surface area contributed by atoms with E-state index in [0.717, 1.165) is 13.0 Å². The highest BCUT2D eigenvalue weighted by Crippen LogP contribution is 2.36. The summed E-state index contributed by atoms with van der Waals surface area (Å²) in [4.78, 5) is 13.7. The van der Waals surface area contributed by atoms with Crippen molar-refractivity contribution in [2.45, 2.75) is 25.6 Å². The van der Waals surface area contributed by atoms with Crippen LogP contribution in [0.2, 0.25) is 0 Å². The highest BCUT2D eigenvalue weighted by molar-refractivity contribution is 5.82. The van der Waals surface area contributed by atoms with Gasteiger partial charge in [0.1, 0.15) is 6.17 Å². The fraction of sp³-hybridized carbons (Fsp3) is 0.462. The van der Waals surface area contributed by atoms with Gasteiger partial charge in [0.2, 0.25) is 5.91 Å². The van der Waals surface area contributed by atoms with Gasteiger partial charge in [-0.3, -0.25) is 4.79 Å². The standard InChI is InChI=1S/C13H14FNO/c14-12-7-11(12)13(16)15-6-5-9-3-1-2-4-10(9)8-15/h1-4,11-12H,5-8H2/t11-,12+/m0/s1. The molecule has 16 heavy (non-hydrogen) atoms. The Hall–Kier alpha value is -1.38. The molecule has 0 radical (unpaired) electrons. The van der Waals surface area contributed by atoms with Gasteiger partial charge in [-0.2, -0.15) is 0 Å². The topological polar surface area (TPSA) is 20.3 Å². The van der Waals surface area contributed by atoms with Crippen LogP contribution in [0.4, 0.5) is 4.39 Å². The number of nitrogens with zero attached hydrogens (tertiary/aromatic N) is 1. The molecule has 84 valence electrons. The lowest BCUT2D eigenvalue weighted by molar-refractivity contribution is -0.133. The Morgan fingerprint density at radius 1 is 1.31 bits per heavy atom. The molecule has 1 aromatic rings. The van der Waals surface area contributed by atoms with Crippen molar-refractivity contribution in [3.05, 3.63) is 35.4 Å². The van der Waals surface area contributed by atoms with Crippen molar-refractivity contribution in [2.24, 2.45) is 5.92 Å². The molecule has 1 amide bonds. The van der Waals surface area contributed by atoms with Crippen molar-refractivity contribution in [1.82, 2.24) is 4.90 Å². The number of fused-ring (bicyclic) bond motifs is 1. The first kappa shape index (κ1) is 9.82. The number of carbonyl (C=O) groups excluding carboxylic acids is 1. The summed E-state index contributed by atoms with van der Waals surface area (Å²) in [5, 5.41) is 0. The minimum Gasteiger partial charge on any atom is -0.338 e. The van der Waals surface area contributed by atoms with E-state index in [1.165, 1.54) is 11.1 Å². The van der Waals surface area contributed by atoms with Crippen molar-refractivity contribution >= 4 is 5.91 Å². The Bertz CT molecular complexity index is 432. The number of carbonyl (C=O) groups is 1. The maximum absolute atomic E-state index is 12.8. The predicted molar refractivity (Wildman–Crippen MR) is 58.6 cm³/mol. The Morgan fingerprint density at radius 3 is 2.69 bits per heavy atom. The van der Waals surface area contributed by atoms with Crippen molar-refractivity contribution in [3.8, 4) is 0 Å². The van der Waals surface area contributed by atoms with Crippen LogP contribution in [0.3, 0.4) is 0 Å². The third-order valence-corrected chi connectivity index (χ3v) is 3.47. The van der Waals surface area contributed by atoms with Gasteiger partial charge in [-0.25, -0.2) is 4.39 Å². The molecule has 0 N–H and O–H groups in total. The molecule has 3 rings (SSSR count). The average Bonchev–Trinajstić information content (AvgIpc) is 3.05. The molecule has 1 aliphatic heterocycles. The Kier molecular flexibility index (Phi) is 2.20. The van der Waals surface area contributed by atoms with Gasteiger partial charge in [0, 0.05) is 13.1 Å². The number of alkyl halides is 1. The van der Waals surface area contributed by atoms with Crippen molar-refractivity contribution in [3.63, 3.8) is 0 Å². The predicted octanol–water partition coefficient (Wildman–Crippen LogP) is 1.93. The number of halogens is 1. The average molecular weight is 219 g/mol. The first-order valence-electron chi connectivity index (χ1n) is 5.75. The van der Waals surface area contributed by atoms with Crippen molar-refractivity contribution < 1.29 is 9.18 Å². The van der Waals surface area contributed by atoms with Crippen LogP contribution in [-0.2, 0) is 17.8 Å². The third kappa shape index (κ3) is 1.60. The zero-order chi connectivity index (χ0) is 11.1. The van der Waals surface area contributed by atoms with Gasteiger partial charge in [-0.1, -0.05) is 24.3 Å². The van der Waals surface area contributed by atoms with E-state index in [9.17, 15) is 9.18 Å². The largest absolute Gasteiger partial charge is 0.338 e. The molecule has 0 spiro atoms. The second kappa shape index (κ2) is 3.58. The van der Waals surface area contributed by atoms with E-state index in [1.54, 1.807) is 4.90 Å². The molecule has 3 heteroatoms. The van der Waals surface area contributed by atoms with Gasteiger partial charge in [-0.15, -0.1) is 0 Å². The van der Waals surface area contributed by atoms with E-state index in [-0.39, 0.29) is 11.8 Å². The maximum atomic E-state index is 12.8. The summed E-state index contributed by atoms with van der Waals surface area (Å²) in [5.74, 6) is -0.340. The quantitative estimate of drug-likeness (QED) is 0.706. The van der Waals surface area contributed by atoms with Gasteiger partial charge >= 0.3 is 0 Å². The second-order valence-corrected chi connectivity index (χ2v) is 4.64. The minimum absolute atomic E-state index is 0.00185. The van der Waals surface area contributed by atoms with Crippen LogP contribution in [0.1, 0.15) is 17.5 Å². The van der Waals surface area contributed by atoms with Gasteiger partial charge < -0.3 is 4.90 Å². The summed E-state index contributed by atoms with van der Waals surface area (Å²) in [5.41, 5.74) is 2.53. The van der Waals surface area contributed by atoms with Crippen molar-refractivity contribution in [1.29, 1.82) is 0 Å². The Balaban J connectivity index is 1.75. The molecule has 1 fully saturated rings. The van der Waals surface area contributed by atoms with Crippen LogP contribution in [0, 0.1) is 5.92 Å². The molecule has 0 bridgehead atoms. The Morgan fingerprint density at radius 2 is 2.00 bits per heavy atom. The fourth-order valence-electron chi connectivity index (χ4n) is 2.34. The normalized spacial score (nSPS) is 27.4. The third-order valence-electron chi connectivity index (χ3n) is 3.47. The summed E-state index contributed by atoms with van der Waals surface area (Å²) < 4.78 is 12.8. The van der Waals surface area contributed by atoms with Crippen LogP contribution in [-0.4, -0.2) is 23.5 Å². The molecular formula is C13H14FNO. The highest BCUT2D eigenvalue weighted by atomic mass is 19.1.